The minimum Gasteiger partial charge on any atom is -0.475 e. The van der Waals surface area contributed by atoms with Crippen molar-refractivity contribution < 1.29 is 14.3 Å². The van der Waals surface area contributed by atoms with Gasteiger partial charge < -0.3 is 14.0 Å². The van der Waals surface area contributed by atoms with E-state index in [1.54, 1.807) is 11.8 Å². The number of nitrogens with zero attached hydrogens (tertiary/aromatic N) is 3. The van der Waals surface area contributed by atoms with Crippen LogP contribution in [0.5, 0.6) is 5.75 Å². The van der Waals surface area contributed by atoms with E-state index in [-0.39, 0.29) is 5.97 Å². The maximum absolute atomic E-state index is 13.1. The summed E-state index contributed by atoms with van der Waals surface area (Å²) in [4.78, 5) is 16.2. The molecule has 4 rings (SSSR count). The van der Waals surface area contributed by atoms with Crippen LogP contribution in [0.25, 0.3) is 10.9 Å². The van der Waals surface area contributed by atoms with Crippen LogP contribution in [0, 0.1) is 5.53 Å². The lowest BCUT2D eigenvalue weighted by molar-refractivity contribution is 0.0527. The van der Waals surface area contributed by atoms with Crippen molar-refractivity contribution in [2.75, 3.05) is 20.4 Å². The number of aryl methyl sites for hydroxylation is 1. The average Bonchev–Trinajstić information content (AvgIpc) is 3.04. The number of esters is 1. The highest BCUT2D eigenvalue weighted by atomic mass is 32.2. The van der Waals surface area contributed by atoms with Crippen molar-refractivity contribution >= 4 is 34.3 Å². The number of hydrogen-bond donors (Lipinski definition) is 1. The second kappa shape index (κ2) is 8.49. The number of hydrogen-bond acceptors (Lipinski definition) is 7. The Morgan fingerprint density at radius 3 is 2.77 bits per heavy atom. The lowest BCUT2D eigenvalue weighted by Crippen LogP contribution is -2.28. The molecule has 0 aliphatic carbocycles. The van der Waals surface area contributed by atoms with Gasteiger partial charge in [-0.1, -0.05) is 18.2 Å². The van der Waals surface area contributed by atoms with Crippen molar-refractivity contribution in [1.82, 2.24) is 9.47 Å². The molecule has 1 aromatic heterocycles. The van der Waals surface area contributed by atoms with Crippen LogP contribution in [-0.2, 0) is 24.1 Å². The van der Waals surface area contributed by atoms with Gasteiger partial charge in [-0.05, 0) is 32.2 Å². The van der Waals surface area contributed by atoms with Gasteiger partial charge in [0.15, 0.2) is 5.75 Å². The number of benzene rings is 2. The van der Waals surface area contributed by atoms with E-state index in [0.29, 0.717) is 42.6 Å². The van der Waals surface area contributed by atoms with E-state index in [1.165, 1.54) is 0 Å². The average molecular weight is 425 g/mol. The zero-order valence-corrected chi connectivity index (χ0v) is 18.1. The number of ether oxygens (including phenoxy) is 2. The first-order valence-electron chi connectivity index (χ1n) is 9.76. The second-order valence-corrected chi connectivity index (χ2v) is 8.25. The first-order chi connectivity index (χ1) is 14.5. The Morgan fingerprint density at radius 2 is 2.07 bits per heavy atom. The molecule has 2 aromatic carbocycles. The molecule has 1 aliphatic heterocycles. The van der Waals surface area contributed by atoms with Crippen molar-refractivity contribution in [2.45, 2.75) is 24.1 Å². The van der Waals surface area contributed by atoms with Gasteiger partial charge in [0.25, 0.3) is 0 Å². The van der Waals surface area contributed by atoms with Gasteiger partial charge in [-0.3, -0.25) is 4.90 Å². The number of aromatic nitrogens is 1. The maximum Gasteiger partial charge on any atom is 0.340 e. The molecule has 156 valence electrons. The van der Waals surface area contributed by atoms with Crippen LogP contribution in [0.1, 0.15) is 28.5 Å². The van der Waals surface area contributed by atoms with Crippen molar-refractivity contribution in [3.8, 4) is 5.75 Å². The van der Waals surface area contributed by atoms with Crippen LogP contribution in [0.2, 0.25) is 0 Å². The van der Waals surface area contributed by atoms with Gasteiger partial charge in [-0.2, -0.15) is 5.11 Å². The molecule has 0 saturated carbocycles. The van der Waals surface area contributed by atoms with Crippen molar-refractivity contribution in [2.24, 2.45) is 12.2 Å². The summed E-state index contributed by atoms with van der Waals surface area (Å²) in [7, 11) is 3.90. The molecule has 0 spiro atoms. The predicted octanol–water partition coefficient (Wildman–Crippen LogP) is 5.09. The summed E-state index contributed by atoms with van der Waals surface area (Å²) in [6.45, 7) is 3.14. The normalized spacial score (nSPS) is 13.7. The highest BCUT2D eigenvalue weighted by Crippen LogP contribution is 2.44. The van der Waals surface area contributed by atoms with Crippen molar-refractivity contribution in [3.63, 3.8) is 0 Å². The van der Waals surface area contributed by atoms with E-state index in [9.17, 15) is 4.79 Å². The predicted molar refractivity (Wildman–Crippen MR) is 117 cm³/mol. The Bertz CT molecular complexity index is 1110. The fourth-order valence-electron chi connectivity index (χ4n) is 3.84. The minimum atomic E-state index is -0.335. The number of carbonyl (C=O) groups is 1. The Morgan fingerprint density at radius 1 is 1.30 bits per heavy atom. The number of nitrogens with one attached hydrogen (secondary N) is 1. The molecule has 0 atom stereocenters. The van der Waals surface area contributed by atoms with Gasteiger partial charge in [0.2, 0.25) is 0 Å². The molecule has 1 aliphatic rings. The van der Waals surface area contributed by atoms with Crippen LogP contribution in [0.4, 0.5) is 5.69 Å². The number of rotatable bonds is 6. The van der Waals surface area contributed by atoms with E-state index in [0.717, 1.165) is 27.1 Å². The highest BCUT2D eigenvalue weighted by Gasteiger charge is 2.30. The zero-order chi connectivity index (χ0) is 21.3. The summed E-state index contributed by atoms with van der Waals surface area (Å²) >= 11 is 1.67. The molecule has 0 radical (unpaired) electrons. The van der Waals surface area contributed by atoms with Gasteiger partial charge in [0, 0.05) is 40.9 Å². The van der Waals surface area contributed by atoms with Crippen LogP contribution >= 0.6 is 11.8 Å². The molecule has 2 heterocycles. The standard InChI is InChI=1S/C22H24N4O3S/c1-4-28-22(27)20-18(12-30-14-8-6-5-7-9-14)26(3)17-10-16(24-23)21-15(19(17)20)11-25(2)13-29-21/h5-10,23H,4,11-13H2,1-3H3. The van der Waals surface area contributed by atoms with Crippen molar-refractivity contribution in [3.05, 3.63) is 53.2 Å². The van der Waals surface area contributed by atoms with E-state index in [1.807, 2.05) is 54.8 Å². The second-order valence-electron chi connectivity index (χ2n) is 7.20. The molecule has 30 heavy (non-hydrogen) atoms. The third kappa shape index (κ3) is 3.57. The molecule has 0 amide bonds. The third-order valence-electron chi connectivity index (χ3n) is 5.22. The van der Waals surface area contributed by atoms with Crippen LogP contribution in [-0.4, -0.2) is 35.8 Å². The fraction of sp³-hybridized carbons (Fsp3) is 0.318. The summed E-state index contributed by atoms with van der Waals surface area (Å²) in [5, 5.41) is 4.51. The Balaban J connectivity index is 1.93. The molecule has 0 fully saturated rings. The Hall–Kier alpha value is -2.84. The lowest BCUT2D eigenvalue weighted by Gasteiger charge is -2.27. The summed E-state index contributed by atoms with van der Waals surface area (Å²) in [5.74, 6) is 0.856. The summed E-state index contributed by atoms with van der Waals surface area (Å²) in [6, 6.07) is 11.9. The molecule has 0 bridgehead atoms. The molecule has 7 nitrogen and oxygen atoms in total. The van der Waals surface area contributed by atoms with E-state index in [4.69, 9.17) is 15.0 Å². The van der Waals surface area contributed by atoms with E-state index >= 15 is 0 Å². The smallest absolute Gasteiger partial charge is 0.340 e. The summed E-state index contributed by atoms with van der Waals surface area (Å²) in [5.41, 5.74) is 11.3. The largest absolute Gasteiger partial charge is 0.475 e. The highest BCUT2D eigenvalue weighted by molar-refractivity contribution is 7.98. The Labute approximate surface area is 179 Å². The topological polar surface area (TPSA) is 79.9 Å². The number of carbonyl (C=O) groups excluding carboxylic acids is 1. The molecule has 0 saturated heterocycles. The molecule has 8 heteroatoms. The van der Waals surface area contributed by atoms with Gasteiger partial charge in [0.05, 0.1) is 17.7 Å². The molecule has 0 unspecified atom stereocenters. The van der Waals surface area contributed by atoms with E-state index < -0.39 is 0 Å². The quantitative estimate of drug-likeness (QED) is 0.339. The first kappa shape index (κ1) is 20.4. The number of fused-ring (bicyclic) bond motifs is 3. The summed E-state index contributed by atoms with van der Waals surface area (Å²) < 4.78 is 13.3. The minimum absolute atomic E-state index is 0.305. The molecule has 3 aromatic rings. The van der Waals surface area contributed by atoms with Crippen LogP contribution < -0.4 is 4.74 Å². The monoisotopic (exact) mass is 424 g/mol. The molecule has 1 N–H and O–H groups in total. The SMILES string of the molecule is CCOC(=O)c1c(CSc2ccccc2)n(C)c2cc(N=N)c3c(c12)CN(C)CO3. The van der Waals surface area contributed by atoms with E-state index in [2.05, 4.69) is 17.2 Å². The van der Waals surface area contributed by atoms with Gasteiger partial charge in [-0.15, -0.1) is 11.8 Å². The lowest BCUT2D eigenvalue weighted by atomic mass is 10.0. The first-order valence-corrected chi connectivity index (χ1v) is 10.7. The van der Waals surface area contributed by atoms with Crippen LogP contribution in [0.15, 0.2) is 46.4 Å². The fourth-order valence-corrected chi connectivity index (χ4v) is 4.83. The number of thioether (sulfide) groups is 1. The Kier molecular flexibility index (Phi) is 5.78. The van der Waals surface area contributed by atoms with Gasteiger partial charge in [-0.25, -0.2) is 10.3 Å². The van der Waals surface area contributed by atoms with Crippen molar-refractivity contribution in [1.29, 1.82) is 5.53 Å². The zero-order valence-electron chi connectivity index (χ0n) is 17.3. The maximum atomic E-state index is 13.1. The van der Waals surface area contributed by atoms with Crippen LogP contribution in [0.3, 0.4) is 0 Å². The molecular formula is C22H24N4O3S. The van der Waals surface area contributed by atoms with Gasteiger partial charge >= 0.3 is 5.97 Å². The molecular weight excluding hydrogens is 400 g/mol. The van der Waals surface area contributed by atoms with Gasteiger partial charge in [0.1, 0.15) is 12.4 Å². The summed E-state index contributed by atoms with van der Waals surface area (Å²) in [6.07, 6.45) is 0. The third-order valence-corrected chi connectivity index (χ3v) is 6.24.